The summed E-state index contributed by atoms with van der Waals surface area (Å²) in [6, 6.07) is 4.48. The van der Waals surface area contributed by atoms with Crippen molar-refractivity contribution in [1.82, 2.24) is 4.99 Å². The van der Waals surface area contributed by atoms with E-state index in [9.17, 15) is 8.42 Å². The standard InChI is InChI=1S/C11H13NO3S/c1-7-11(2,3)9-6-8(16(13,14)15)4-5-10(9)12-7/h4-6H,1-3H3,(H,13,14,15)/q+1. The van der Waals surface area contributed by atoms with Crippen LogP contribution < -0.4 is 4.99 Å². The van der Waals surface area contributed by atoms with E-state index in [0.29, 0.717) is 0 Å². The first-order chi connectivity index (χ1) is 7.23. The van der Waals surface area contributed by atoms with E-state index in [-0.39, 0.29) is 10.3 Å². The molecule has 85 valence electrons. The van der Waals surface area contributed by atoms with Crippen LogP contribution in [0.1, 0.15) is 26.3 Å². The third-order valence-corrected chi connectivity index (χ3v) is 3.98. The molecule has 1 N–H and O–H groups in total. The molecule has 16 heavy (non-hydrogen) atoms. The smallest absolute Gasteiger partial charge is 0.282 e. The molecule has 0 aromatic heterocycles. The molecule has 1 radical (unpaired) electrons. The zero-order valence-electron chi connectivity index (χ0n) is 9.35. The van der Waals surface area contributed by atoms with Gasteiger partial charge in [0, 0.05) is 18.6 Å². The summed E-state index contributed by atoms with van der Waals surface area (Å²) in [5.74, 6) is 0. The molecule has 0 fully saturated rings. The maximum absolute atomic E-state index is 11.0. The number of nitrogens with zero attached hydrogens (tertiary/aromatic N) is 1. The van der Waals surface area contributed by atoms with E-state index in [4.69, 9.17) is 4.55 Å². The van der Waals surface area contributed by atoms with Crippen LogP contribution in [0.5, 0.6) is 0 Å². The fraction of sp³-hybridized carbons (Fsp3) is 0.364. The quantitative estimate of drug-likeness (QED) is 0.758. The van der Waals surface area contributed by atoms with Gasteiger partial charge in [-0.15, -0.1) is 0 Å². The van der Waals surface area contributed by atoms with E-state index < -0.39 is 10.1 Å². The van der Waals surface area contributed by atoms with Crippen molar-refractivity contribution in [3.63, 3.8) is 0 Å². The molecular weight excluding hydrogens is 226 g/mol. The highest BCUT2D eigenvalue weighted by molar-refractivity contribution is 7.85. The van der Waals surface area contributed by atoms with Crippen LogP contribution in [0.4, 0.5) is 5.69 Å². The lowest BCUT2D eigenvalue weighted by Gasteiger charge is -2.13. The Morgan fingerprint density at radius 2 is 1.94 bits per heavy atom. The topological polar surface area (TPSA) is 68.5 Å². The second-order valence-electron chi connectivity index (χ2n) is 4.48. The highest BCUT2D eigenvalue weighted by Crippen LogP contribution is 2.36. The minimum absolute atomic E-state index is 0.0794. The summed E-state index contributed by atoms with van der Waals surface area (Å²) in [5, 5.41) is 0. The molecule has 0 amide bonds. The third-order valence-electron chi connectivity index (χ3n) is 3.13. The van der Waals surface area contributed by atoms with Crippen molar-refractivity contribution in [2.24, 2.45) is 0 Å². The minimum Gasteiger partial charge on any atom is -0.282 e. The van der Waals surface area contributed by atoms with Crippen LogP contribution in [0.2, 0.25) is 0 Å². The van der Waals surface area contributed by atoms with Crippen molar-refractivity contribution >= 4 is 21.5 Å². The minimum atomic E-state index is -4.14. The lowest BCUT2D eigenvalue weighted by molar-refractivity contribution is 0.483. The Bertz CT molecular complexity index is 585. The van der Waals surface area contributed by atoms with Gasteiger partial charge in [-0.3, -0.25) is 4.55 Å². The summed E-state index contributed by atoms with van der Waals surface area (Å²) in [6.07, 6.45) is 0. The Morgan fingerprint density at radius 3 is 2.50 bits per heavy atom. The Morgan fingerprint density at radius 1 is 1.31 bits per heavy atom. The van der Waals surface area contributed by atoms with Crippen LogP contribution in [-0.4, -0.2) is 18.7 Å². The molecule has 1 aliphatic heterocycles. The predicted octanol–water partition coefficient (Wildman–Crippen LogP) is 1.65. The average Bonchev–Trinajstić information content (AvgIpc) is 2.37. The second kappa shape index (κ2) is 3.15. The van der Waals surface area contributed by atoms with Gasteiger partial charge in [-0.25, -0.2) is 0 Å². The molecule has 2 rings (SSSR count). The molecule has 0 bridgehead atoms. The summed E-state index contributed by atoms with van der Waals surface area (Å²) in [6.45, 7) is 5.87. The molecule has 1 heterocycles. The van der Waals surface area contributed by atoms with Gasteiger partial charge in [-0.05, 0) is 26.0 Å². The maximum Gasteiger partial charge on any atom is 0.294 e. The molecule has 0 spiro atoms. The summed E-state index contributed by atoms with van der Waals surface area (Å²) >= 11 is 0. The molecule has 4 nitrogen and oxygen atoms in total. The molecule has 5 heteroatoms. The zero-order valence-corrected chi connectivity index (χ0v) is 10.2. The Kier molecular flexibility index (Phi) is 2.22. The van der Waals surface area contributed by atoms with E-state index in [0.717, 1.165) is 17.0 Å². The summed E-state index contributed by atoms with van der Waals surface area (Å²) in [4.78, 5) is 4.29. The first-order valence-electron chi connectivity index (χ1n) is 4.91. The van der Waals surface area contributed by atoms with E-state index in [1.165, 1.54) is 12.1 Å². The van der Waals surface area contributed by atoms with Crippen molar-refractivity contribution in [2.75, 3.05) is 0 Å². The highest BCUT2D eigenvalue weighted by atomic mass is 32.2. The maximum atomic E-state index is 11.0. The molecule has 0 saturated heterocycles. The van der Waals surface area contributed by atoms with Crippen molar-refractivity contribution in [2.45, 2.75) is 31.1 Å². The van der Waals surface area contributed by atoms with Gasteiger partial charge in [0.15, 0.2) is 0 Å². The van der Waals surface area contributed by atoms with Gasteiger partial charge in [0.05, 0.1) is 15.3 Å². The number of aliphatic imine (C=N–C) groups is 1. The van der Waals surface area contributed by atoms with Crippen LogP contribution in [0.3, 0.4) is 0 Å². The number of hydrogen-bond acceptors (Lipinski definition) is 3. The second-order valence-corrected chi connectivity index (χ2v) is 5.90. The molecule has 0 saturated carbocycles. The number of rotatable bonds is 1. The molecule has 1 aliphatic rings. The normalized spacial score (nSPS) is 18.1. The van der Waals surface area contributed by atoms with Gasteiger partial charge in [-0.2, -0.15) is 8.42 Å². The van der Waals surface area contributed by atoms with Crippen molar-refractivity contribution in [1.29, 1.82) is 0 Å². The monoisotopic (exact) mass is 239 g/mol. The number of fused-ring (bicyclic) bond motifs is 1. The van der Waals surface area contributed by atoms with E-state index in [2.05, 4.69) is 4.99 Å². The first kappa shape index (κ1) is 11.3. The van der Waals surface area contributed by atoms with Gasteiger partial charge < -0.3 is 0 Å². The zero-order chi connectivity index (χ0) is 12.1. The lowest BCUT2D eigenvalue weighted by atomic mass is 9.82. The van der Waals surface area contributed by atoms with E-state index >= 15 is 0 Å². The van der Waals surface area contributed by atoms with Crippen LogP contribution >= 0.6 is 0 Å². The van der Waals surface area contributed by atoms with Crippen LogP contribution in [0.25, 0.3) is 0 Å². The van der Waals surface area contributed by atoms with Crippen molar-refractivity contribution < 1.29 is 13.0 Å². The SMILES string of the molecule is CC1=[N+]c2ccc(S(=O)(=O)O)cc2C1(C)C. The van der Waals surface area contributed by atoms with E-state index in [1.54, 1.807) is 6.07 Å². The van der Waals surface area contributed by atoms with Crippen molar-refractivity contribution in [3.8, 4) is 0 Å². The van der Waals surface area contributed by atoms with Gasteiger partial charge in [0.1, 0.15) is 0 Å². The molecular formula is C11H13NO3S+. The van der Waals surface area contributed by atoms with Crippen LogP contribution in [0, 0.1) is 0 Å². The van der Waals surface area contributed by atoms with Gasteiger partial charge in [-0.1, -0.05) is 0 Å². The molecule has 1 aromatic carbocycles. The largest absolute Gasteiger partial charge is 0.294 e. The van der Waals surface area contributed by atoms with Gasteiger partial charge in [0.2, 0.25) is 5.71 Å². The fourth-order valence-electron chi connectivity index (χ4n) is 1.79. The Labute approximate surface area is 94.8 Å². The third kappa shape index (κ3) is 1.56. The molecule has 0 unspecified atom stereocenters. The molecule has 0 atom stereocenters. The van der Waals surface area contributed by atoms with Crippen LogP contribution in [-0.2, 0) is 15.5 Å². The fourth-order valence-corrected chi connectivity index (χ4v) is 2.30. The predicted molar refractivity (Wildman–Crippen MR) is 61.8 cm³/mol. The Hall–Kier alpha value is -1.20. The summed E-state index contributed by atoms with van der Waals surface area (Å²) < 4.78 is 31.1. The van der Waals surface area contributed by atoms with Gasteiger partial charge >= 0.3 is 0 Å². The lowest BCUT2D eigenvalue weighted by Crippen LogP contribution is -2.24. The first-order valence-corrected chi connectivity index (χ1v) is 6.35. The average molecular weight is 239 g/mol. The molecule has 0 aliphatic carbocycles. The Balaban J connectivity index is 2.66. The van der Waals surface area contributed by atoms with Gasteiger partial charge in [0.25, 0.3) is 15.8 Å². The van der Waals surface area contributed by atoms with E-state index in [1.807, 2.05) is 20.8 Å². The summed E-state index contributed by atoms with van der Waals surface area (Å²) in [5.41, 5.74) is 2.26. The highest BCUT2D eigenvalue weighted by Gasteiger charge is 2.42. The van der Waals surface area contributed by atoms with Crippen molar-refractivity contribution in [3.05, 3.63) is 23.8 Å². The number of hydrogen-bond donors (Lipinski definition) is 1. The molecule has 1 aromatic rings. The van der Waals surface area contributed by atoms with Crippen LogP contribution in [0.15, 0.2) is 23.1 Å². The number of benzene rings is 1. The summed E-state index contributed by atoms with van der Waals surface area (Å²) in [7, 11) is -4.14.